The molecule has 1 aliphatic heterocycles. The Hall–Kier alpha value is -4.80. The third-order valence-corrected chi connectivity index (χ3v) is 9.06. The van der Waals surface area contributed by atoms with Crippen LogP contribution >= 0.6 is 0 Å². The van der Waals surface area contributed by atoms with Crippen molar-refractivity contribution in [2.75, 3.05) is 30.2 Å². The number of fused-ring (bicyclic) bond motifs is 2. The Labute approximate surface area is 257 Å². The van der Waals surface area contributed by atoms with Crippen molar-refractivity contribution in [3.8, 4) is 0 Å². The number of nitrogens with one attached hydrogen (secondary N) is 2. The molecule has 2 N–H and O–H groups in total. The number of carbonyl (C=O) groups excluding carboxylic acids is 1. The van der Waals surface area contributed by atoms with Crippen LogP contribution in [0.25, 0.3) is 10.8 Å². The lowest BCUT2D eigenvalue weighted by atomic mass is 10.1. The summed E-state index contributed by atoms with van der Waals surface area (Å²) >= 11 is 0. The van der Waals surface area contributed by atoms with Gasteiger partial charge < -0.3 is 10.1 Å². The van der Waals surface area contributed by atoms with Crippen molar-refractivity contribution >= 4 is 38.5 Å². The Morgan fingerprint density at radius 2 is 1.64 bits per heavy atom. The number of rotatable bonds is 10. The van der Waals surface area contributed by atoms with E-state index < -0.39 is 10.0 Å². The highest BCUT2D eigenvalue weighted by molar-refractivity contribution is 7.92. The fourth-order valence-electron chi connectivity index (χ4n) is 5.37. The molecule has 0 unspecified atom stereocenters. The van der Waals surface area contributed by atoms with Crippen LogP contribution in [0.1, 0.15) is 32.7 Å². The number of ether oxygens (including phenoxy) is 1. The van der Waals surface area contributed by atoms with E-state index in [4.69, 9.17) is 9.72 Å². The third kappa shape index (κ3) is 6.72. The first-order valence-electron chi connectivity index (χ1n) is 14.5. The van der Waals surface area contributed by atoms with Crippen LogP contribution in [0.15, 0.2) is 102 Å². The van der Waals surface area contributed by atoms with E-state index in [0.717, 1.165) is 40.7 Å². The summed E-state index contributed by atoms with van der Waals surface area (Å²) in [5, 5.41) is 5.08. The van der Waals surface area contributed by atoms with Crippen molar-refractivity contribution in [3.63, 3.8) is 0 Å². The molecule has 224 valence electrons. The van der Waals surface area contributed by atoms with Gasteiger partial charge in [-0.3, -0.25) is 9.62 Å². The predicted octanol–water partition coefficient (Wildman–Crippen LogP) is 5.43. The number of esters is 1. The zero-order valence-electron chi connectivity index (χ0n) is 24.4. The van der Waals surface area contributed by atoms with Gasteiger partial charge in [0.15, 0.2) is 0 Å². The molecule has 0 radical (unpaired) electrons. The zero-order valence-corrected chi connectivity index (χ0v) is 25.2. The molecule has 0 bridgehead atoms. The van der Waals surface area contributed by atoms with E-state index >= 15 is 0 Å². The van der Waals surface area contributed by atoms with Crippen molar-refractivity contribution in [1.82, 2.24) is 14.9 Å². The number of benzene rings is 4. The summed E-state index contributed by atoms with van der Waals surface area (Å²) < 4.78 is 34.9. The molecule has 1 aliphatic rings. The van der Waals surface area contributed by atoms with Crippen LogP contribution < -0.4 is 10.0 Å². The lowest BCUT2D eigenvalue weighted by Crippen LogP contribution is -2.32. The summed E-state index contributed by atoms with van der Waals surface area (Å²) in [5.41, 5.74) is 4.31. The van der Waals surface area contributed by atoms with Crippen LogP contribution in [0.4, 0.5) is 11.8 Å². The number of hydrogen-bond donors (Lipinski definition) is 2. The molecule has 0 amide bonds. The monoisotopic (exact) mass is 607 g/mol. The smallest absolute Gasteiger partial charge is 0.337 e. The number of nitrogens with zero attached hydrogens (tertiary/aromatic N) is 3. The topological polar surface area (TPSA) is 114 Å². The van der Waals surface area contributed by atoms with Crippen LogP contribution in [-0.2, 0) is 40.7 Å². The summed E-state index contributed by atoms with van der Waals surface area (Å²) in [4.78, 5) is 23.7. The van der Waals surface area contributed by atoms with Crippen molar-refractivity contribution < 1.29 is 17.9 Å². The number of carbonyl (C=O) groups is 1. The summed E-state index contributed by atoms with van der Waals surface area (Å²) in [6.07, 6.45) is 1.32. The van der Waals surface area contributed by atoms with Crippen LogP contribution in [-0.4, -0.2) is 49.5 Å². The average molecular weight is 608 g/mol. The van der Waals surface area contributed by atoms with Gasteiger partial charge in [0.25, 0.3) is 10.0 Å². The summed E-state index contributed by atoms with van der Waals surface area (Å²) in [6.45, 7) is 2.58. The second kappa shape index (κ2) is 12.8. The fraction of sp³-hybridized carbons (Fsp3) is 0.206. The average Bonchev–Trinajstić information content (AvgIpc) is 3.05. The van der Waals surface area contributed by atoms with Gasteiger partial charge in [-0.05, 0) is 52.6 Å². The Morgan fingerprint density at radius 3 is 2.41 bits per heavy atom. The van der Waals surface area contributed by atoms with E-state index in [1.807, 2.05) is 60.7 Å². The van der Waals surface area contributed by atoms with E-state index in [2.05, 4.69) is 32.1 Å². The maximum absolute atomic E-state index is 13.7. The Morgan fingerprint density at radius 1 is 0.886 bits per heavy atom. The Kier molecular flexibility index (Phi) is 8.53. The Balaban J connectivity index is 1.25. The standard InChI is InChI=1S/C34H33N5O4S/c1-43-33(40)27-13-11-24(12-14-27)17-19-35-34-36-31-18-20-39(22-25-7-3-2-4-8-25)23-30(31)32(37-34)38-44(41,42)29-16-15-26-9-5-6-10-28(26)21-29/h2-16,21H,17-20,22-23H2,1H3,(H2,35,36,37,38). The molecule has 2 heterocycles. The minimum atomic E-state index is -3.93. The minimum absolute atomic E-state index is 0.172. The van der Waals surface area contributed by atoms with Crippen molar-refractivity contribution in [1.29, 1.82) is 0 Å². The first kappa shape index (κ1) is 29.3. The molecule has 10 heteroatoms. The molecular formula is C34H33N5O4S. The predicted molar refractivity (Wildman–Crippen MR) is 171 cm³/mol. The van der Waals surface area contributed by atoms with Gasteiger partial charge in [0.05, 0.1) is 23.3 Å². The summed E-state index contributed by atoms with van der Waals surface area (Å²) in [7, 11) is -2.58. The normalized spacial score (nSPS) is 13.3. The number of methoxy groups -OCH3 is 1. The van der Waals surface area contributed by atoms with Gasteiger partial charge >= 0.3 is 5.97 Å². The van der Waals surface area contributed by atoms with E-state index in [9.17, 15) is 13.2 Å². The highest BCUT2D eigenvalue weighted by Gasteiger charge is 2.26. The van der Waals surface area contributed by atoms with Crippen LogP contribution in [0.2, 0.25) is 0 Å². The maximum Gasteiger partial charge on any atom is 0.337 e. The van der Waals surface area contributed by atoms with Crippen LogP contribution in [0.3, 0.4) is 0 Å². The molecule has 1 aromatic heterocycles. The minimum Gasteiger partial charge on any atom is -0.465 e. The SMILES string of the molecule is COC(=O)c1ccc(CCNc2nc3c(c(NS(=O)(=O)c4ccc5ccccc5c4)n2)CN(Cc2ccccc2)CC3)cc1. The number of anilines is 2. The molecule has 6 rings (SSSR count). The van der Waals surface area contributed by atoms with Crippen molar-refractivity contribution in [3.05, 3.63) is 125 Å². The first-order chi connectivity index (χ1) is 21.4. The summed E-state index contributed by atoms with van der Waals surface area (Å²) in [6, 6.07) is 30.2. The van der Waals surface area contributed by atoms with E-state index in [-0.39, 0.29) is 16.7 Å². The van der Waals surface area contributed by atoms with Gasteiger partial charge in [0.1, 0.15) is 5.82 Å². The van der Waals surface area contributed by atoms with Gasteiger partial charge in [0.2, 0.25) is 5.95 Å². The fourth-order valence-corrected chi connectivity index (χ4v) is 6.45. The number of hydrogen-bond acceptors (Lipinski definition) is 8. The largest absolute Gasteiger partial charge is 0.465 e. The van der Waals surface area contributed by atoms with Crippen LogP contribution in [0.5, 0.6) is 0 Å². The van der Waals surface area contributed by atoms with Crippen molar-refractivity contribution in [2.24, 2.45) is 0 Å². The second-order valence-corrected chi connectivity index (χ2v) is 12.4. The highest BCUT2D eigenvalue weighted by Crippen LogP contribution is 2.29. The molecule has 0 saturated heterocycles. The molecule has 0 aliphatic carbocycles. The van der Waals surface area contributed by atoms with Gasteiger partial charge in [-0.15, -0.1) is 0 Å². The third-order valence-electron chi connectivity index (χ3n) is 7.72. The van der Waals surface area contributed by atoms with E-state index in [1.54, 1.807) is 24.3 Å². The first-order valence-corrected chi connectivity index (χ1v) is 15.9. The van der Waals surface area contributed by atoms with Crippen molar-refractivity contribution in [2.45, 2.75) is 30.8 Å². The van der Waals surface area contributed by atoms with Gasteiger partial charge in [-0.25, -0.2) is 18.2 Å². The molecule has 5 aromatic rings. The van der Waals surface area contributed by atoms with E-state index in [0.29, 0.717) is 37.4 Å². The lowest BCUT2D eigenvalue weighted by molar-refractivity contribution is 0.0600. The number of sulfonamides is 1. The van der Waals surface area contributed by atoms with E-state index in [1.165, 1.54) is 12.7 Å². The highest BCUT2D eigenvalue weighted by atomic mass is 32.2. The molecular weight excluding hydrogens is 574 g/mol. The van der Waals surface area contributed by atoms with Gasteiger partial charge in [-0.1, -0.05) is 72.8 Å². The zero-order chi connectivity index (χ0) is 30.5. The lowest BCUT2D eigenvalue weighted by Gasteiger charge is -2.29. The molecule has 9 nitrogen and oxygen atoms in total. The quantitative estimate of drug-likeness (QED) is 0.202. The Bertz CT molecular complexity index is 1900. The molecule has 44 heavy (non-hydrogen) atoms. The molecule has 4 aromatic carbocycles. The van der Waals surface area contributed by atoms with Crippen LogP contribution in [0, 0.1) is 0 Å². The molecule has 0 saturated carbocycles. The maximum atomic E-state index is 13.7. The number of aromatic nitrogens is 2. The molecule has 0 spiro atoms. The second-order valence-electron chi connectivity index (χ2n) is 10.7. The molecule has 0 atom stereocenters. The van der Waals surface area contributed by atoms with Gasteiger partial charge in [-0.2, -0.15) is 4.98 Å². The van der Waals surface area contributed by atoms with Gasteiger partial charge in [0, 0.05) is 38.2 Å². The molecule has 0 fully saturated rings. The summed E-state index contributed by atoms with van der Waals surface area (Å²) in [5.74, 6) is 0.270.